The Hall–Kier alpha value is -0.260. The van der Waals surface area contributed by atoms with Gasteiger partial charge in [0.15, 0.2) is 0 Å². The first-order valence-electron chi connectivity index (χ1n) is 5.56. The molecule has 0 nitrogen and oxygen atoms in total. The van der Waals surface area contributed by atoms with Gasteiger partial charge in [-0.25, -0.2) is 0 Å². The van der Waals surface area contributed by atoms with Crippen LogP contribution in [-0.2, 0) is 0 Å². The van der Waals surface area contributed by atoms with Gasteiger partial charge in [0.2, 0.25) is 0 Å². The van der Waals surface area contributed by atoms with Crippen LogP contribution in [0.5, 0.6) is 0 Å². The summed E-state index contributed by atoms with van der Waals surface area (Å²) in [4.78, 5) is 0. The highest BCUT2D eigenvalue weighted by molar-refractivity contribution is 4.99. The van der Waals surface area contributed by atoms with Gasteiger partial charge in [0, 0.05) is 0 Å². The van der Waals surface area contributed by atoms with E-state index < -0.39 is 0 Å². The van der Waals surface area contributed by atoms with E-state index in [0.717, 1.165) is 17.8 Å². The Morgan fingerprint density at radius 2 is 2.17 bits per heavy atom. The number of hydrogen-bond donors (Lipinski definition) is 0. The quantitative estimate of drug-likeness (QED) is 0.517. The van der Waals surface area contributed by atoms with Gasteiger partial charge in [0.25, 0.3) is 0 Å². The van der Waals surface area contributed by atoms with Crippen LogP contribution < -0.4 is 0 Å². The number of fused-ring (bicyclic) bond motifs is 1. The standard InChI is InChI=1S/C12H20/c1-2-10-7-8-11-5-3-4-6-12(11)9-10/h3,5,10-12H,2,4,6-9H2,1H3. The van der Waals surface area contributed by atoms with Crippen LogP contribution in [0.1, 0.15) is 45.4 Å². The van der Waals surface area contributed by atoms with E-state index >= 15 is 0 Å². The van der Waals surface area contributed by atoms with Crippen LogP contribution in [-0.4, -0.2) is 0 Å². The van der Waals surface area contributed by atoms with E-state index in [1.54, 1.807) is 0 Å². The Kier molecular flexibility index (Phi) is 2.53. The minimum absolute atomic E-state index is 0.960. The minimum Gasteiger partial charge on any atom is -0.0882 e. The third kappa shape index (κ3) is 1.57. The van der Waals surface area contributed by atoms with Crippen molar-refractivity contribution in [3.63, 3.8) is 0 Å². The van der Waals surface area contributed by atoms with Crippen molar-refractivity contribution in [3.05, 3.63) is 12.2 Å². The van der Waals surface area contributed by atoms with Crippen LogP contribution in [0, 0.1) is 17.8 Å². The van der Waals surface area contributed by atoms with Crippen molar-refractivity contribution in [2.24, 2.45) is 17.8 Å². The molecule has 0 bridgehead atoms. The van der Waals surface area contributed by atoms with Gasteiger partial charge in [0.1, 0.15) is 0 Å². The Morgan fingerprint density at radius 1 is 1.25 bits per heavy atom. The van der Waals surface area contributed by atoms with Gasteiger partial charge in [-0.15, -0.1) is 0 Å². The maximum Gasteiger partial charge on any atom is -0.0205 e. The smallest absolute Gasteiger partial charge is 0.0205 e. The fourth-order valence-electron chi connectivity index (χ4n) is 2.92. The van der Waals surface area contributed by atoms with E-state index in [0.29, 0.717) is 0 Å². The topological polar surface area (TPSA) is 0 Å². The maximum absolute atomic E-state index is 2.49. The highest BCUT2D eigenvalue weighted by Crippen LogP contribution is 2.40. The number of allylic oxidation sites excluding steroid dienone is 2. The lowest BCUT2D eigenvalue weighted by atomic mass is 9.69. The maximum atomic E-state index is 2.49. The molecule has 0 aromatic carbocycles. The average molecular weight is 164 g/mol. The van der Waals surface area contributed by atoms with Gasteiger partial charge < -0.3 is 0 Å². The third-order valence-electron chi connectivity index (χ3n) is 3.81. The predicted octanol–water partition coefficient (Wildman–Crippen LogP) is 3.78. The summed E-state index contributed by atoms with van der Waals surface area (Å²) in [5.74, 6) is 3.06. The molecule has 2 aliphatic rings. The second-order valence-electron chi connectivity index (χ2n) is 4.52. The lowest BCUT2D eigenvalue weighted by Crippen LogP contribution is -2.25. The first-order valence-corrected chi connectivity index (χ1v) is 5.56. The molecular weight excluding hydrogens is 144 g/mol. The first-order chi connectivity index (χ1) is 5.90. The Labute approximate surface area is 76.1 Å². The molecule has 2 rings (SSSR count). The van der Waals surface area contributed by atoms with Crippen molar-refractivity contribution in [1.29, 1.82) is 0 Å². The number of hydrogen-bond acceptors (Lipinski definition) is 0. The molecule has 0 heteroatoms. The molecule has 1 saturated carbocycles. The summed E-state index contributed by atoms with van der Waals surface area (Å²) in [5, 5.41) is 0. The molecule has 0 spiro atoms. The van der Waals surface area contributed by atoms with Crippen LogP contribution >= 0.6 is 0 Å². The molecule has 68 valence electrons. The summed E-state index contributed by atoms with van der Waals surface area (Å²) in [6.45, 7) is 2.35. The largest absolute Gasteiger partial charge is 0.0882 e. The molecule has 3 atom stereocenters. The van der Waals surface area contributed by atoms with Crippen molar-refractivity contribution in [2.75, 3.05) is 0 Å². The highest BCUT2D eigenvalue weighted by atomic mass is 14.3. The molecule has 0 radical (unpaired) electrons. The molecule has 1 fully saturated rings. The summed E-state index contributed by atoms with van der Waals surface area (Å²) in [6.07, 6.45) is 13.6. The van der Waals surface area contributed by atoms with Gasteiger partial charge >= 0.3 is 0 Å². The summed E-state index contributed by atoms with van der Waals surface area (Å²) < 4.78 is 0. The van der Waals surface area contributed by atoms with Gasteiger partial charge in [0.05, 0.1) is 0 Å². The van der Waals surface area contributed by atoms with Crippen LogP contribution in [0.25, 0.3) is 0 Å². The van der Waals surface area contributed by atoms with E-state index in [4.69, 9.17) is 0 Å². The zero-order valence-corrected chi connectivity index (χ0v) is 8.13. The van der Waals surface area contributed by atoms with Crippen molar-refractivity contribution in [1.82, 2.24) is 0 Å². The number of rotatable bonds is 1. The Balaban J connectivity index is 1.96. The zero-order valence-electron chi connectivity index (χ0n) is 8.13. The fraction of sp³-hybridized carbons (Fsp3) is 0.833. The lowest BCUT2D eigenvalue weighted by molar-refractivity contribution is 0.193. The zero-order chi connectivity index (χ0) is 8.39. The van der Waals surface area contributed by atoms with Crippen LogP contribution in [0.4, 0.5) is 0 Å². The molecular formula is C12H20. The third-order valence-corrected chi connectivity index (χ3v) is 3.81. The Bertz CT molecular complexity index is 169. The minimum atomic E-state index is 0.960. The molecule has 0 amide bonds. The lowest BCUT2D eigenvalue weighted by Gasteiger charge is -2.36. The SMILES string of the molecule is CCC1CCC2C=CCCC2C1. The highest BCUT2D eigenvalue weighted by Gasteiger charge is 2.28. The summed E-state index contributed by atoms with van der Waals surface area (Å²) in [6, 6.07) is 0. The normalized spacial score (nSPS) is 40.9. The fourth-order valence-corrected chi connectivity index (χ4v) is 2.92. The van der Waals surface area contributed by atoms with Crippen LogP contribution in [0.3, 0.4) is 0 Å². The van der Waals surface area contributed by atoms with Gasteiger partial charge in [-0.3, -0.25) is 0 Å². The summed E-state index contributed by atoms with van der Waals surface area (Å²) in [5.41, 5.74) is 0. The molecule has 0 N–H and O–H groups in total. The van der Waals surface area contributed by atoms with Crippen molar-refractivity contribution >= 4 is 0 Å². The van der Waals surface area contributed by atoms with E-state index in [2.05, 4.69) is 19.1 Å². The molecule has 12 heavy (non-hydrogen) atoms. The van der Waals surface area contributed by atoms with Gasteiger partial charge in [-0.2, -0.15) is 0 Å². The average Bonchev–Trinajstić information content (AvgIpc) is 2.17. The van der Waals surface area contributed by atoms with Gasteiger partial charge in [-0.05, 0) is 49.9 Å². The first kappa shape index (κ1) is 8.34. The summed E-state index contributed by atoms with van der Waals surface area (Å²) in [7, 11) is 0. The van der Waals surface area contributed by atoms with Crippen molar-refractivity contribution in [3.8, 4) is 0 Å². The van der Waals surface area contributed by atoms with E-state index in [-0.39, 0.29) is 0 Å². The second kappa shape index (κ2) is 3.64. The molecule has 0 aromatic heterocycles. The molecule has 0 heterocycles. The van der Waals surface area contributed by atoms with Crippen molar-refractivity contribution in [2.45, 2.75) is 45.4 Å². The van der Waals surface area contributed by atoms with Crippen LogP contribution in [0.15, 0.2) is 12.2 Å². The monoisotopic (exact) mass is 164 g/mol. The molecule has 0 aliphatic heterocycles. The van der Waals surface area contributed by atoms with E-state index in [9.17, 15) is 0 Å². The van der Waals surface area contributed by atoms with E-state index in [1.807, 2.05) is 0 Å². The molecule has 0 aromatic rings. The molecule has 3 unspecified atom stereocenters. The second-order valence-corrected chi connectivity index (χ2v) is 4.52. The van der Waals surface area contributed by atoms with Crippen molar-refractivity contribution < 1.29 is 0 Å². The summed E-state index contributed by atoms with van der Waals surface area (Å²) >= 11 is 0. The molecule has 0 saturated heterocycles. The predicted molar refractivity (Wildman–Crippen MR) is 53.0 cm³/mol. The molecule has 2 aliphatic carbocycles. The van der Waals surface area contributed by atoms with Crippen LogP contribution in [0.2, 0.25) is 0 Å². The van der Waals surface area contributed by atoms with E-state index in [1.165, 1.54) is 38.5 Å². The van der Waals surface area contributed by atoms with Gasteiger partial charge in [-0.1, -0.05) is 25.5 Å². The Morgan fingerprint density at radius 3 is 3.00 bits per heavy atom.